The van der Waals surface area contributed by atoms with Crippen molar-refractivity contribution in [3.63, 3.8) is 0 Å². The van der Waals surface area contributed by atoms with Crippen LogP contribution >= 0.6 is 11.6 Å². The van der Waals surface area contributed by atoms with Crippen molar-refractivity contribution in [2.75, 3.05) is 37.6 Å². The molecule has 0 spiro atoms. The van der Waals surface area contributed by atoms with E-state index in [0.717, 1.165) is 11.4 Å². The first-order chi connectivity index (χ1) is 16.5. The van der Waals surface area contributed by atoms with E-state index >= 15 is 0 Å². The Labute approximate surface area is 202 Å². The number of rotatable bonds is 5. The van der Waals surface area contributed by atoms with Crippen LogP contribution in [0.2, 0.25) is 5.02 Å². The molecule has 1 aromatic heterocycles. The summed E-state index contributed by atoms with van der Waals surface area (Å²) < 4.78 is 0. The molecule has 8 heteroatoms. The smallest absolute Gasteiger partial charge is 0.261 e. The highest BCUT2D eigenvalue weighted by Crippen LogP contribution is 2.25. The number of piperazine rings is 1. The van der Waals surface area contributed by atoms with E-state index in [1.54, 1.807) is 35.4 Å². The van der Waals surface area contributed by atoms with Crippen molar-refractivity contribution in [3.05, 3.63) is 94.1 Å². The highest BCUT2D eigenvalue weighted by molar-refractivity contribution is 6.30. The molecule has 3 heterocycles. The van der Waals surface area contributed by atoms with Gasteiger partial charge in [-0.1, -0.05) is 41.9 Å². The fraction of sp³-hybridized carbons (Fsp3) is 0.231. The van der Waals surface area contributed by atoms with Crippen molar-refractivity contribution < 1.29 is 14.4 Å². The van der Waals surface area contributed by atoms with E-state index < -0.39 is 0 Å². The summed E-state index contributed by atoms with van der Waals surface area (Å²) in [6.07, 6.45) is 2.20. The van der Waals surface area contributed by atoms with Crippen molar-refractivity contribution in [2.45, 2.75) is 6.42 Å². The number of hydrogen-bond donors (Lipinski definition) is 0. The minimum absolute atomic E-state index is 0.144. The van der Waals surface area contributed by atoms with Gasteiger partial charge in [0.15, 0.2) is 0 Å². The van der Waals surface area contributed by atoms with Gasteiger partial charge in [0.25, 0.3) is 17.7 Å². The van der Waals surface area contributed by atoms with Gasteiger partial charge in [-0.05, 0) is 42.3 Å². The average Bonchev–Trinajstić information content (AvgIpc) is 3.12. The number of benzene rings is 2. The number of nitrogens with zero attached hydrogens (tertiary/aromatic N) is 4. The zero-order valence-electron chi connectivity index (χ0n) is 18.5. The second-order valence-electron chi connectivity index (χ2n) is 8.37. The first-order valence-corrected chi connectivity index (χ1v) is 11.6. The quantitative estimate of drug-likeness (QED) is 0.529. The minimum atomic E-state index is -0.343. The van der Waals surface area contributed by atoms with Crippen molar-refractivity contribution in [2.24, 2.45) is 0 Å². The van der Waals surface area contributed by atoms with Crippen molar-refractivity contribution >= 4 is 35.1 Å². The maximum Gasteiger partial charge on any atom is 0.261 e. The maximum absolute atomic E-state index is 13.1. The van der Waals surface area contributed by atoms with Gasteiger partial charge in [0.2, 0.25) is 0 Å². The van der Waals surface area contributed by atoms with Crippen LogP contribution in [0.25, 0.3) is 0 Å². The zero-order chi connectivity index (χ0) is 23.7. The minimum Gasteiger partial charge on any atom is -0.353 e. The van der Waals surface area contributed by atoms with Gasteiger partial charge in [0, 0.05) is 44.5 Å². The molecule has 5 rings (SSSR count). The Balaban J connectivity index is 1.25. The SMILES string of the molecule is O=C(c1ccc2c(c1)C(=O)N(CCc1ccccc1)C2=O)N1CCN(c2ccc(Cl)cn2)CC1. The monoisotopic (exact) mass is 474 g/mol. The summed E-state index contributed by atoms with van der Waals surface area (Å²) in [6, 6.07) is 18.2. The summed E-state index contributed by atoms with van der Waals surface area (Å²) in [4.78, 5) is 48.4. The van der Waals surface area contributed by atoms with E-state index in [1.807, 2.05) is 36.4 Å². The van der Waals surface area contributed by atoms with Crippen LogP contribution in [0, 0.1) is 0 Å². The van der Waals surface area contributed by atoms with Gasteiger partial charge >= 0.3 is 0 Å². The number of hydrogen-bond acceptors (Lipinski definition) is 5. The molecule has 0 N–H and O–H groups in total. The second-order valence-corrected chi connectivity index (χ2v) is 8.81. The Morgan fingerprint density at radius 3 is 2.32 bits per heavy atom. The molecule has 0 radical (unpaired) electrons. The number of aromatic nitrogens is 1. The zero-order valence-corrected chi connectivity index (χ0v) is 19.2. The molecule has 3 amide bonds. The molecule has 0 atom stereocenters. The molecule has 2 aromatic carbocycles. The van der Waals surface area contributed by atoms with Crippen molar-refractivity contribution in [1.29, 1.82) is 0 Å². The van der Waals surface area contributed by atoms with Crippen LogP contribution in [-0.4, -0.2) is 65.2 Å². The Morgan fingerprint density at radius 2 is 1.62 bits per heavy atom. The van der Waals surface area contributed by atoms with Crippen molar-refractivity contribution in [3.8, 4) is 0 Å². The molecule has 2 aliphatic heterocycles. The first kappa shape index (κ1) is 22.1. The fourth-order valence-electron chi connectivity index (χ4n) is 4.39. The largest absolute Gasteiger partial charge is 0.353 e. The number of fused-ring (bicyclic) bond motifs is 1. The predicted molar refractivity (Wildman–Crippen MR) is 129 cm³/mol. The van der Waals surface area contributed by atoms with E-state index in [2.05, 4.69) is 9.88 Å². The Kier molecular flexibility index (Phi) is 6.02. The number of halogens is 1. The fourth-order valence-corrected chi connectivity index (χ4v) is 4.50. The average molecular weight is 475 g/mol. The van der Waals surface area contributed by atoms with E-state index in [4.69, 9.17) is 11.6 Å². The molecule has 0 saturated carbocycles. The Bertz CT molecular complexity index is 1240. The molecule has 0 unspecified atom stereocenters. The van der Waals surface area contributed by atoms with Gasteiger partial charge in [-0.3, -0.25) is 19.3 Å². The molecule has 1 saturated heterocycles. The third-order valence-electron chi connectivity index (χ3n) is 6.29. The van der Waals surface area contributed by atoms with Crippen LogP contribution in [0.4, 0.5) is 5.82 Å². The van der Waals surface area contributed by atoms with E-state index in [-0.39, 0.29) is 17.7 Å². The van der Waals surface area contributed by atoms with Gasteiger partial charge in [-0.15, -0.1) is 0 Å². The number of anilines is 1. The molecule has 0 bridgehead atoms. The third kappa shape index (κ3) is 4.26. The summed E-state index contributed by atoms with van der Waals surface area (Å²) >= 11 is 5.92. The standard InChI is InChI=1S/C26H23ClN4O3/c27-20-7-9-23(28-17-20)29-12-14-30(15-13-29)24(32)19-6-8-21-22(16-19)26(34)31(25(21)33)11-10-18-4-2-1-3-5-18/h1-9,16-17H,10-15H2. The summed E-state index contributed by atoms with van der Waals surface area (Å²) in [5.41, 5.74) is 2.13. The number of pyridine rings is 1. The van der Waals surface area contributed by atoms with Gasteiger partial charge in [-0.25, -0.2) is 4.98 Å². The van der Waals surface area contributed by atoms with Gasteiger partial charge in [-0.2, -0.15) is 0 Å². The van der Waals surface area contributed by atoms with Crippen LogP contribution in [0.1, 0.15) is 36.6 Å². The molecule has 172 valence electrons. The van der Waals surface area contributed by atoms with Crippen LogP contribution in [0.3, 0.4) is 0 Å². The third-order valence-corrected chi connectivity index (χ3v) is 6.51. The lowest BCUT2D eigenvalue weighted by Gasteiger charge is -2.35. The first-order valence-electron chi connectivity index (χ1n) is 11.2. The molecule has 3 aromatic rings. The molecule has 1 fully saturated rings. The van der Waals surface area contributed by atoms with Gasteiger partial charge < -0.3 is 9.80 Å². The van der Waals surface area contributed by atoms with E-state index in [1.165, 1.54) is 4.90 Å². The number of amides is 3. The number of imide groups is 1. The van der Waals surface area contributed by atoms with Crippen LogP contribution in [-0.2, 0) is 6.42 Å². The predicted octanol–water partition coefficient (Wildman–Crippen LogP) is 3.54. The summed E-state index contributed by atoms with van der Waals surface area (Å²) in [7, 11) is 0. The lowest BCUT2D eigenvalue weighted by molar-refractivity contribution is 0.0655. The summed E-state index contributed by atoms with van der Waals surface area (Å²) in [6.45, 7) is 2.68. The van der Waals surface area contributed by atoms with E-state index in [9.17, 15) is 14.4 Å². The molecule has 0 aliphatic carbocycles. The van der Waals surface area contributed by atoms with Crippen LogP contribution in [0.15, 0.2) is 66.9 Å². The molecule has 2 aliphatic rings. The number of carbonyl (C=O) groups is 3. The molecule has 7 nitrogen and oxygen atoms in total. The van der Waals surface area contributed by atoms with Crippen molar-refractivity contribution in [1.82, 2.24) is 14.8 Å². The lowest BCUT2D eigenvalue weighted by atomic mass is 10.0. The lowest BCUT2D eigenvalue weighted by Crippen LogP contribution is -2.49. The Morgan fingerprint density at radius 1 is 0.882 bits per heavy atom. The molecule has 34 heavy (non-hydrogen) atoms. The highest BCUT2D eigenvalue weighted by Gasteiger charge is 2.36. The van der Waals surface area contributed by atoms with Crippen LogP contribution in [0.5, 0.6) is 0 Å². The summed E-state index contributed by atoms with van der Waals surface area (Å²) in [5.74, 6) is 0.0338. The van der Waals surface area contributed by atoms with Crippen LogP contribution < -0.4 is 4.90 Å². The highest BCUT2D eigenvalue weighted by atomic mass is 35.5. The number of carbonyl (C=O) groups excluding carboxylic acids is 3. The van der Waals surface area contributed by atoms with E-state index in [0.29, 0.717) is 60.9 Å². The topological polar surface area (TPSA) is 73.8 Å². The second kappa shape index (κ2) is 9.27. The molecular formula is C26H23ClN4O3. The molecular weight excluding hydrogens is 452 g/mol. The maximum atomic E-state index is 13.1. The normalized spacial score (nSPS) is 15.6. The van der Waals surface area contributed by atoms with Gasteiger partial charge in [0.05, 0.1) is 16.1 Å². The summed E-state index contributed by atoms with van der Waals surface area (Å²) in [5, 5.41) is 0.584. The van der Waals surface area contributed by atoms with Gasteiger partial charge in [0.1, 0.15) is 5.82 Å². The Hall–Kier alpha value is -3.71.